The largest absolute Gasteiger partial charge is 0.496 e. The third-order valence-corrected chi connectivity index (χ3v) is 3.84. The van der Waals surface area contributed by atoms with Crippen LogP contribution in [0.25, 0.3) is 0 Å². The van der Waals surface area contributed by atoms with Crippen LogP contribution in [-0.2, 0) is 5.54 Å². The lowest BCUT2D eigenvalue weighted by molar-refractivity contribution is 0.398. The molecule has 2 rings (SSSR count). The van der Waals surface area contributed by atoms with E-state index in [1.54, 1.807) is 20.1 Å². The molecular weight excluding hydrogens is 300 g/mol. The summed E-state index contributed by atoms with van der Waals surface area (Å²) >= 11 is 11.9. The molecule has 2 nitrogen and oxygen atoms in total. The summed E-state index contributed by atoms with van der Waals surface area (Å²) in [5.41, 5.74) is 6.54. The summed E-state index contributed by atoms with van der Waals surface area (Å²) in [4.78, 5) is 0. The third-order valence-electron chi connectivity index (χ3n) is 3.24. The highest BCUT2D eigenvalue weighted by Crippen LogP contribution is 2.38. The van der Waals surface area contributed by atoms with Crippen molar-refractivity contribution in [2.24, 2.45) is 5.73 Å². The Kier molecular flexibility index (Phi) is 4.23. The number of para-hydroxylation sites is 1. The highest BCUT2D eigenvalue weighted by Gasteiger charge is 2.30. The maximum Gasteiger partial charge on any atom is 0.142 e. The Morgan fingerprint density at radius 3 is 2.40 bits per heavy atom. The first-order chi connectivity index (χ1) is 9.37. The van der Waals surface area contributed by atoms with Crippen LogP contribution in [-0.4, -0.2) is 7.11 Å². The highest BCUT2D eigenvalue weighted by molar-refractivity contribution is 6.35. The van der Waals surface area contributed by atoms with Crippen LogP contribution < -0.4 is 10.5 Å². The van der Waals surface area contributed by atoms with Gasteiger partial charge in [0.15, 0.2) is 0 Å². The molecule has 0 aromatic heterocycles. The van der Waals surface area contributed by atoms with Crippen molar-refractivity contribution in [3.05, 3.63) is 63.4 Å². The topological polar surface area (TPSA) is 35.2 Å². The monoisotopic (exact) mass is 313 g/mol. The fourth-order valence-electron chi connectivity index (χ4n) is 2.14. The number of ether oxygens (including phenoxy) is 1. The van der Waals surface area contributed by atoms with Gasteiger partial charge in [0.25, 0.3) is 0 Å². The summed E-state index contributed by atoms with van der Waals surface area (Å²) in [5.74, 6) is 0.0570. The molecule has 0 fully saturated rings. The molecule has 0 aliphatic heterocycles. The van der Waals surface area contributed by atoms with Gasteiger partial charge in [-0.2, -0.15) is 0 Å². The molecular formula is C15H14Cl2FNO. The minimum absolute atomic E-state index is 0.0328. The van der Waals surface area contributed by atoms with E-state index in [9.17, 15) is 4.39 Å². The molecule has 20 heavy (non-hydrogen) atoms. The molecule has 0 amide bonds. The van der Waals surface area contributed by atoms with Gasteiger partial charge in [-0.25, -0.2) is 4.39 Å². The van der Waals surface area contributed by atoms with E-state index in [0.29, 0.717) is 21.9 Å². The quantitative estimate of drug-likeness (QED) is 0.854. The van der Waals surface area contributed by atoms with Crippen LogP contribution in [0.4, 0.5) is 4.39 Å². The molecule has 106 valence electrons. The highest BCUT2D eigenvalue weighted by atomic mass is 35.5. The summed E-state index contributed by atoms with van der Waals surface area (Å²) in [6.45, 7) is 1.75. The van der Waals surface area contributed by atoms with E-state index < -0.39 is 11.4 Å². The van der Waals surface area contributed by atoms with Crippen molar-refractivity contribution in [3.8, 4) is 5.75 Å². The van der Waals surface area contributed by atoms with Crippen LogP contribution in [0.1, 0.15) is 18.1 Å². The minimum atomic E-state index is -1.00. The molecule has 0 aliphatic rings. The van der Waals surface area contributed by atoms with Crippen LogP contribution in [0.15, 0.2) is 36.4 Å². The zero-order chi connectivity index (χ0) is 14.9. The fourth-order valence-corrected chi connectivity index (χ4v) is 2.72. The third kappa shape index (κ3) is 2.62. The summed E-state index contributed by atoms with van der Waals surface area (Å²) in [6, 6.07) is 9.90. The molecule has 5 heteroatoms. The molecule has 1 unspecified atom stereocenters. The molecule has 1 atom stereocenters. The molecule has 0 saturated carbocycles. The maximum absolute atomic E-state index is 13.7. The van der Waals surface area contributed by atoms with Crippen LogP contribution >= 0.6 is 23.2 Å². The molecule has 0 heterocycles. The Labute approximate surface area is 127 Å². The normalized spacial score (nSPS) is 13.9. The standard InChI is InChI=1S/C15H14Cl2FNO/c1-15(19,9-5-3-4-6-14(9)20-2)10-7-13(18)12(17)8-11(10)16/h3-8H,19H2,1-2H3. The predicted molar refractivity (Wildman–Crippen MR) is 80.1 cm³/mol. The van der Waals surface area contributed by atoms with Gasteiger partial charge in [0, 0.05) is 10.6 Å². The Balaban J connectivity index is 2.63. The molecule has 2 N–H and O–H groups in total. The van der Waals surface area contributed by atoms with Gasteiger partial charge in [-0.15, -0.1) is 0 Å². The van der Waals surface area contributed by atoms with Crippen LogP contribution in [0.3, 0.4) is 0 Å². The summed E-state index contributed by atoms with van der Waals surface area (Å²) in [6.07, 6.45) is 0. The fraction of sp³-hybridized carbons (Fsp3) is 0.200. The van der Waals surface area contributed by atoms with Crippen molar-refractivity contribution in [1.82, 2.24) is 0 Å². The number of benzene rings is 2. The number of hydrogen-bond acceptors (Lipinski definition) is 2. The first kappa shape index (κ1) is 15.1. The molecule has 2 aromatic carbocycles. The summed E-state index contributed by atoms with van der Waals surface area (Å²) in [5, 5.41) is 0.280. The van der Waals surface area contributed by atoms with Gasteiger partial charge >= 0.3 is 0 Å². The Morgan fingerprint density at radius 1 is 1.10 bits per heavy atom. The first-order valence-electron chi connectivity index (χ1n) is 5.95. The van der Waals surface area contributed by atoms with E-state index in [1.807, 2.05) is 18.2 Å². The lowest BCUT2D eigenvalue weighted by Crippen LogP contribution is -2.35. The lowest BCUT2D eigenvalue weighted by Gasteiger charge is -2.28. The SMILES string of the molecule is COc1ccccc1C(C)(N)c1cc(F)c(Cl)cc1Cl. The second-order valence-corrected chi connectivity index (χ2v) is 5.46. The van der Waals surface area contributed by atoms with Crippen molar-refractivity contribution in [3.63, 3.8) is 0 Å². The Hall–Kier alpha value is -1.29. The number of rotatable bonds is 3. The van der Waals surface area contributed by atoms with E-state index in [4.69, 9.17) is 33.7 Å². The second kappa shape index (κ2) is 5.60. The van der Waals surface area contributed by atoms with Crippen molar-refractivity contribution < 1.29 is 9.13 Å². The molecule has 0 radical (unpaired) electrons. The molecule has 0 saturated heterocycles. The second-order valence-electron chi connectivity index (χ2n) is 4.65. The summed E-state index contributed by atoms with van der Waals surface area (Å²) in [7, 11) is 1.55. The van der Waals surface area contributed by atoms with Gasteiger partial charge in [0.1, 0.15) is 11.6 Å². The van der Waals surface area contributed by atoms with E-state index in [2.05, 4.69) is 0 Å². The Morgan fingerprint density at radius 2 is 1.75 bits per heavy atom. The molecule has 0 spiro atoms. The van der Waals surface area contributed by atoms with Crippen LogP contribution in [0, 0.1) is 5.82 Å². The maximum atomic E-state index is 13.7. The zero-order valence-electron chi connectivity index (χ0n) is 11.1. The van der Waals surface area contributed by atoms with Crippen molar-refractivity contribution in [2.75, 3.05) is 7.11 Å². The molecule has 0 bridgehead atoms. The predicted octanol–water partition coefficient (Wildman–Crippen LogP) is 4.36. The lowest BCUT2D eigenvalue weighted by atomic mass is 9.85. The minimum Gasteiger partial charge on any atom is -0.496 e. The van der Waals surface area contributed by atoms with Gasteiger partial charge in [-0.1, -0.05) is 41.4 Å². The van der Waals surface area contributed by atoms with E-state index in [-0.39, 0.29) is 5.02 Å². The van der Waals surface area contributed by atoms with Crippen molar-refractivity contribution in [1.29, 1.82) is 0 Å². The van der Waals surface area contributed by atoms with Gasteiger partial charge < -0.3 is 10.5 Å². The van der Waals surface area contributed by atoms with E-state index >= 15 is 0 Å². The van der Waals surface area contributed by atoms with Crippen LogP contribution in [0.5, 0.6) is 5.75 Å². The number of halogens is 3. The number of methoxy groups -OCH3 is 1. The van der Waals surface area contributed by atoms with Gasteiger partial charge in [0.2, 0.25) is 0 Å². The van der Waals surface area contributed by atoms with Gasteiger partial charge in [0.05, 0.1) is 17.7 Å². The summed E-state index contributed by atoms with van der Waals surface area (Å²) < 4.78 is 19.0. The zero-order valence-corrected chi connectivity index (χ0v) is 12.6. The van der Waals surface area contributed by atoms with Crippen molar-refractivity contribution >= 4 is 23.2 Å². The Bertz CT molecular complexity index is 644. The van der Waals surface area contributed by atoms with Crippen LogP contribution in [0.2, 0.25) is 10.0 Å². The van der Waals surface area contributed by atoms with E-state index in [0.717, 1.165) is 0 Å². The number of nitrogens with two attached hydrogens (primary N) is 1. The molecule has 2 aromatic rings. The molecule has 0 aliphatic carbocycles. The van der Waals surface area contributed by atoms with Gasteiger partial charge in [-0.3, -0.25) is 0 Å². The first-order valence-corrected chi connectivity index (χ1v) is 6.71. The smallest absolute Gasteiger partial charge is 0.142 e. The van der Waals surface area contributed by atoms with Crippen molar-refractivity contribution in [2.45, 2.75) is 12.5 Å². The number of hydrogen-bond donors (Lipinski definition) is 1. The van der Waals surface area contributed by atoms with Gasteiger partial charge in [-0.05, 0) is 30.7 Å². The van der Waals surface area contributed by atoms with E-state index in [1.165, 1.54) is 12.1 Å². The average molecular weight is 314 g/mol. The average Bonchev–Trinajstić information content (AvgIpc) is 2.42.